The molecule has 1 saturated heterocycles. The molecular weight excluding hydrogens is 278 g/mol. The van der Waals surface area contributed by atoms with Gasteiger partial charge in [0.25, 0.3) is 0 Å². The molecule has 1 aromatic carbocycles. The molecule has 5 nitrogen and oxygen atoms in total. The number of hydrogen-bond donors (Lipinski definition) is 1. The van der Waals surface area contributed by atoms with E-state index in [9.17, 15) is 4.79 Å². The maximum atomic E-state index is 12.7. The van der Waals surface area contributed by atoms with Crippen molar-refractivity contribution in [3.63, 3.8) is 0 Å². The van der Waals surface area contributed by atoms with E-state index in [0.717, 1.165) is 30.9 Å². The highest BCUT2D eigenvalue weighted by Gasteiger charge is 2.27. The molecule has 22 heavy (non-hydrogen) atoms. The maximum absolute atomic E-state index is 12.7. The van der Waals surface area contributed by atoms with Crippen LogP contribution in [0.3, 0.4) is 0 Å². The summed E-state index contributed by atoms with van der Waals surface area (Å²) < 4.78 is 5.72. The number of rotatable bonds is 2. The first-order valence-corrected chi connectivity index (χ1v) is 8.14. The van der Waals surface area contributed by atoms with Crippen LogP contribution in [0.5, 0.6) is 0 Å². The van der Waals surface area contributed by atoms with E-state index in [0.29, 0.717) is 19.6 Å². The second kappa shape index (κ2) is 6.57. The van der Waals surface area contributed by atoms with E-state index in [-0.39, 0.29) is 18.1 Å². The molecule has 2 heterocycles. The summed E-state index contributed by atoms with van der Waals surface area (Å²) in [6.45, 7) is 7.74. The van der Waals surface area contributed by atoms with Gasteiger partial charge >= 0.3 is 0 Å². The summed E-state index contributed by atoms with van der Waals surface area (Å²) in [6, 6.07) is 8.23. The fourth-order valence-electron chi connectivity index (χ4n) is 3.32. The highest BCUT2D eigenvalue weighted by atomic mass is 16.5. The van der Waals surface area contributed by atoms with Crippen molar-refractivity contribution in [1.82, 2.24) is 4.90 Å². The molecule has 120 valence electrons. The first-order valence-electron chi connectivity index (χ1n) is 8.14. The molecule has 2 aliphatic rings. The Bertz CT molecular complexity index is 524. The van der Waals surface area contributed by atoms with Gasteiger partial charge in [-0.25, -0.2) is 0 Å². The molecule has 1 amide bonds. The number of morpholine rings is 1. The maximum Gasteiger partial charge on any atom is 0.242 e. The van der Waals surface area contributed by atoms with Crippen molar-refractivity contribution in [2.45, 2.75) is 32.5 Å². The Morgan fingerprint density at radius 1 is 1.27 bits per heavy atom. The number of amides is 1. The average Bonchev–Trinajstić information content (AvgIpc) is 2.69. The van der Waals surface area contributed by atoms with Gasteiger partial charge in [-0.15, -0.1) is 0 Å². The van der Waals surface area contributed by atoms with Gasteiger partial charge in [0.15, 0.2) is 0 Å². The molecule has 1 N–H and O–H groups in total. The molecule has 2 aliphatic heterocycles. The normalized spacial score (nSPS) is 25.2. The smallest absolute Gasteiger partial charge is 0.242 e. The minimum atomic E-state index is 0.116. The molecular formula is C17H25N3O2. The van der Waals surface area contributed by atoms with E-state index in [1.165, 1.54) is 0 Å². The van der Waals surface area contributed by atoms with Gasteiger partial charge < -0.3 is 19.9 Å². The number of para-hydroxylation sites is 2. The lowest BCUT2D eigenvalue weighted by molar-refractivity contribution is -0.141. The average molecular weight is 303 g/mol. The van der Waals surface area contributed by atoms with Crippen molar-refractivity contribution < 1.29 is 9.53 Å². The number of hydrogen-bond acceptors (Lipinski definition) is 4. The largest absolute Gasteiger partial charge is 0.383 e. The Morgan fingerprint density at radius 3 is 2.77 bits per heavy atom. The Hall–Kier alpha value is -1.75. The van der Waals surface area contributed by atoms with E-state index in [2.05, 4.69) is 22.3 Å². The third kappa shape index (κ3) is 3.35. The van der Waals surface area contributed by atoms with Gasteiger partial charge in [-0.2, -0.15) is 0 Å². The lowest BCUT2D eigenvalue weighted by atomic mass is 10.2. The van der Waals surface area contributed by atoms with Crippen molar-refractivity contribution in [3.05, 3.63) is 24.3 Å². The molecule has 5 heteroatoms. The number of ether oxygens (including phenoxy) is 1. The zero-order valence-electron chi connectivity index (χ0n) is 13.4. The molecule has 1 fully saturated rings. The number of nitrogens with zero attached hydrogens (tertiary/aromatic N) is 2. The van der Waals surface area contributed by atoms with Crippen molar-refractivity contribution in [2.24, 2.45) is 0 Å². The predicted molar refractivity (Wildman–Crippen MR) is 88.4 cm³/mol. The summed E-state index contributed by atoms with van der Waals surface area (Å²) in [6.07, 6.45) is 1.27. The van der Waals surface area contributed by atoms with Crippen LogP contribution in [-0.4, -0.2) is 55.7 Å². The molecule has 0 radical (unpaired) electrons. The lowest BCUT2D eigenvalue weighted by Crippen LogP contribution is -2.51. The Kier molecular flexibility index (Phi) is 4.52. The Balaban J connectivity index is 1.71. The summed E-state index contributed by atoms with van der Waals surface area (Å²) in [5.74, 6) is 0.193. The van der Waals surface area contributed by atoms with Crippen molar-refractivity contribution in [2.75, 3.05) is 42.9 Å². The monoisotopic (exact) mass is 303 g/mol. The molecule has 2 atom stereocenters. The molecule has 2 unspecified atom stereocenters. The fraction of sp³-hybridized carbons (Fsp3) is 0.588. The lowest BCUT2D eigenvalue weighted by Gasteiger charge is -2.36. The van der Waals surface area contributed by atoms with Crippen LogP contribution in [0.25, 0.3) is 0 Å². The van der Waals surface area contributed by atoms with Gasteiger partial charge in [0.2, 0.25) is 5.91 Å². The molecule has 0 spiro atoms. The van der Waals surface area contributed by atoms with Gasteiger partial charge in [-0.1, -0.05) is 12.1 Å². The minimum absolute atomic E-state index is 0.116. The summed E-state index contributed by atoms with van der Waals surface area (Å²) in [7, 11) is 0. The molecule has 0 saturated carbocycles. The Labute approximate surface area is 132 Å². The molecule has 3 rings (SSSR count). The van der Waals surface area contributed by atoms with Crippen LogP contribution in [0, 0.1) is 0 Å². The number of anilines is 2. The fourth-order valence-corrected chi connectivity index (χ4v) is 3.32. The van der Waals surface area contributed by atoms with E-state index < -0.39 is 0 Å². The first-order chi connectivity index (χ1) is 10.6. The molecule has 0 aromatic heterocycles. The van der Waals surface area contributed by atoms with Crippen LogP contribution in [0.15, 0.2) is 24.3 Å². The molecule has 1 aromatic rings. The van der Waals surface area contributed by atoms with Crippen LogP contribution in [0.2, 0.25) is 0 Å². The van der Waals surface area contributed by atoms with E-state index in [1.807, 2.05) is 30.9 Å². The highest BCUT2D eigenvalue weighted by molar-refractivity contribution is 5.84. The van der Waals surface area contributed by atoms with Crippen molar-refractivity contribution >= 4 is 17.3 Å². The highest BCUT2D eigenvalue weighted by Crippen LogP contribution is 2.28. The summed E-state index contributed by atoms with van der Waals surface area (Å²) in [4.78, 5) is 16.8. The van der Waals surface area contributed by atoms with Crippen molar-refractivity contribution in [1.29, 1.82) is 0 Å². The van der Waals surface area contributed by atoms with Gasteiger partial charge in [0.1, 0.15) is 0 Å². The first kappa shape index (κ1) is 15.2. The van der Waals surface area contributed by atoms with Gasteiger partial charge in [-0.3, -0.25) is 4.79 Å². The van der Waals surface area contributed by atoms with Crippen LogP contribution in [-0.2, 0) is 9.53 Å². The van der Waals surface area contributed by atoms with Crippen LogP contribution >= 0.6 is 0 Å². The van der Waals surface area contributed by atoms with Crippen molar-refractivity contribution in [3.8, 4) is 0 Å². The van der Waals surface area contributed by atoms with Gasteiger partial charge in [0, 0.05) is 26.2 Å². The second-order valence-electron chi connectivity index (χ2n) is 6.28. The Morgan fingerprint density at radius 2 is 2.00 bits per heavy atom. The molecule has 0 aliphatic carbocycles. The van der Waals surface area contributed by atoms with Crippen LogP contribution in [0.1, 0.15) is 20.3 Å². The number of carbonyl (C=O) groups is 1. The third-order valence-electron chi connectivity index (χ3n) is 4.26. The second-order valence-corrected chi connectivity index (χ2v) is 6.28. The topological polar surface area (TPSA) is 44.8 Å². The number of nitrogens with one attached hydrogen (secondary N) is 1. The summed E-state index contributed by atoms with van der Waals surface area (Å²) in [5.41, 5.74) is 2.25. The summed E-state index contributed by atoms with van der Waals surface area (Å²) >= 11 is 0. The SMILES string of the molecule is CC1CN(C(=O)CN2CCCNc3ccccc32)CC(C)O1. The number of fused-ring (bicyclic) bond motifs is 1. The third-order valence-corrected chi connectivity index (χ3v) is 4.26. The minimum Gasteiger partial charge on any atom is -0.383 e. The standard InChI is InChI=1S/C17H25N3O2/c1-13-10-20(11-14(2)22-13)17(21)12-19-9-5-8-18-15-6-3-4-7-16(15)19/h3-4,6-7,13-14,18H,5,8-12H2,1-2H3. The summed E-state index contributed by atoms with van der Waals surface area (Å²) in [5, 5.41) is 3.44. The van der Waals surface area contributed by atoms with E-state index >= 15 is 0 Å². The van der Waals surface area contributed by atoms with Crippen LogP contribution in [0.4, 0.5) is 11.4 Å². The van der Waals surface area contributed by atoms with Crippen LogP contribution < -0.4 is 10.2 Å². The quantitative estimate of drug-likeness (QED) is 0.907. The zero-order valence-corrected chi connectivity index (χ0v) is 13.4. The van der Waals surface area contributed by atoms with E-state index in [1.54, 1.807) is 0 Å². The van der Waals surface area contributed by atoms with E-state index in [4.69, 9.17) is 4.74 Å². The van der Waals surface area contributed by atoms with Gasteiger partial charge in [-0.05, 0) is 32.4 Å². The predicted octanol–water partition coefficient (Wildman–Crippen LogP) is 1.94. The zero-order chi connectivity index (χ0) is 15.5. The van der Waals surface area contributed by atoms with Gasteiger partial charge in [0.05, 0.1) is 30.1 Å². The number of carbonyl (C=O) groups excluding carboxylic acids is 1. The number of benzene rings is 1. The molecule has 0 bridgehead atoms.